The Kier molecular flexibility index (Phi) is 10.7. The van der Waals surface area contributed by atoms with Crippen LogP contribution in [0.15, 0.2) is 24.3 Å². The highest BCUT2D eigenvalue weighted by Gasteiger charge is 2.15. The summed E-state index contributed by atoms with van der Waals surface area (Å²) >= 11 is 0. The van der Waals surface area contributed by atoms with Crippen LogP contribution >= 0.6 is 0 Å². The molecule has 0 saturated heterocycles. The highest BCUT2D eigenvalue weighted by Crippen LogP contribution is 2.16. The molecule has 0 rings (SSSR count). The molecule has 1 unspecified atom stereocenters. The molecule has 0 aliphatic heterocycles. The smallest absolute Gasteiger partial charge is 0.306 e. The number of allylic oxidation sites excluding steroid dienone is 4. The van der Waals surface area contributed by atoms with Crippen molar-refractivity contribution in [1.29, 1.82) is 0 Å². The van der Waals surface area contributed by atoms with E-state index in [9.17, 15) is 4.79 Å². The van der Waals surface area contributed by atoms with E-state index in [1.54, 1.807) is 0 Å². The summed E-state index contributed by atoms with van der Waals surface area (Å²) in [6.45, 7) is 4.10. The highest BCUT2D eigenvalue weighted by atomic mass is 16.4. The van der Waals surface area contributed by atoms with Crippen LogP contribution in [-0.4, -0.2) is 11.1 Å². The average molecular weight is 238 g/mol. The predicted octanol–water partition coefficient (Wildman–Crippen LogP) is 4.57. The van der Waals surface area contributed by atoms with Crippen LogP contribution in [0.5, 0.6) is 0 Å². The molecule has 0 fully saturated rings. The zero-order valence-corrected chi connectivity index (χ0v) is 11.2. The van der Waals surface area contributed by atoms with Crippen LogP contribution < -0.4 is 0 Å². The van der Waals surface area contributed by atoms with Crippen LogP contribution in [0, 0.1) is 5.92 Å². The van der Waals surface area contributed by atoms with E-state index in [1.165, 1.54) is 0 Å². The monoisotopic (exact) mass is 238 g/mol. The molecule has 0 saturated carbocycles. The van der Waals surface area contributed by atoms with Crippen molar-refractivity contribution in [2.75, 3.05) is 0 Å². The summed E-state index contributed by atoms with van der Waals surface area (Å²) in [4.78, 5) is 11.0. The van der Waals surface area contributed by atoms with Crippen LogP contribution in [0.2, 0.25) is 0 Å². The highest BCUT2D eigenvalue weighted by molar-refractivity contribution is 5.69. The van der Waals surface area contributed by atoms with Crippen molar-refractivity contribution in [3.8, 4) is 0 Å². The number of carbonyl (C=O) groups is 1. The topological polar surface area (TPSA) is 37.3 Å². The van der Waals surface area contributed by atoms with Crippen LogP contribution in [0.4, 0.5) is 0 Å². The molecule has 2 nitrogen and oxygen atoms in total. The summed E-state index contributed by atoms with van der Waals surface area (Å²) < 4.78 is 0. The van der Waals surface area contributed by atoms with Gasteiger partial charge in [-0.15, -0.1) is 0 Å². The van der Waals surface area contributed by atoms with Crippen LogP contribution in [0.3, 0.4) is 0 Å². The molecule has 0 aromatic heterocycles. The standard InChI is InChI=1S/C15H26O2/c1-3-5-7-9-11-13-14(15(16)17)12-10-8-6-4-2/h3,5-6,8,14H,4,7,9-13H2,1-2H3,(H,16,17). The molecule has 2 heteroatoms. The zero-order chi connectivity index (χ0) is 12.9. The number of rotatable bonds is 10. The van der Waals surface area contributed by atoms with Gasteiger partial charge in [-0.05, 0) is 45.4 Å². The van der Waals surface area contributed by atoms with Gasteiger partial charge in [0.15, 0.2) is 0 Å². The van der Waals surface area contributed by atoms with E-state index in [4.69, 9.17) is 5.11 Å². The fraction of sp³-hybridized carbons (Fsp3) is 0.667. The summed E-state index contributed by atoms with van der Waals surface area (Å²) in [5.41, 5.74) is 0. The lowest BCUT2D eigenvalue weighted by Crippen LogP contribution is -2.13. The molecule has 0 aromatic carbocycles. The summed E-state index contributed by atoms with van der Waals surface area (Å²) in [6, 6.07) is 0. The number of carboxylic acid groups (broad SMARTS) is 1. The Hall–Kier alpha value is -1.05. The molecule has 0 bridgehead atoms. The average Bonchev–Trinajstić information content (AvgIpc) is 2.31. The van der Waals surface area contributed by atoms with Gasteiger partial charge in [0.25, 0.3) is 0 Å². The first-order chi connectivity index (χ1) is 8.22. The van der Waals surface area contributed by atoms with Crippen molar-refractivity contribution in [3.05, 3.63) is 24.3 Å². The molecular formula is C15H26O2. The quantitative estimate of drug-likeness (QED) is 0.447. The number of hydrogen-bond donors (Lipinski definition) is 1. The van der Waals surface area contributed by atoms with Crippen molar-refractivity contribution in [1.82, 2.24) is 0 Å². The molecule has 0 aliphatic rings. The van der Waals surface area contributed by atoms with E-state index in [0.29, 0.717) is 0 Å². The first kappa shape index (κ1) is 16.0. The first-order valence-corrected chi connectivity index (χ1v) is 6.71. The Labute approximate surface area is 105 Å². The summed E-state index contributed by atoms with van der Waals surface area (Å²) in [7, 11) is 0. The Morgan fingerprint density at radius 3 is 2.47 bits per heavy atom. The van der Waals surface area contributed by atoms with Crippen molar-refractivity contribution in [2.24, 2.45) is 5.92 Å². The summed E-state index contributed by atoms with van der Waals surface area (Å²) in [5, 5.41) is 9.09. The molecular weight excluding hydrogens is 212 g/mol. The van der Waals surface area contributed by atoms with Gasteiger partial charge in [0.05, 0.1) is 5.92 Å². The van der Waals surface area contributed by atoms with Gasteiger partial charge in [-0.1, -0.05) is 37.6 Å². The first-order valence-electron chi connectivity index (χ1n) is 6.71. The van der Waals surface area contributed by atoms with Crippen molar-refractivity contribution in [2.45, 2.75) is 58.8 Å². The molecule has 98 valence electrons. The van der Waals surface area contributed by atoms with Gasteiger partial charge in [0, 0.05) is 0 Å². The Balaban J connectivity index is 3.75. The van der Waals surface area contributed by atoms with Gasteiger partial charge < -0.3 is 5.11 Å². The van der Waals surface area contributed by atoms with Crippen molar-refractivity contribution < 1.29 is 9.90 Å². The number of hydrogen-bond acceptors (Lipinski definition) is 1. The van der Waals surface area contributed by atoms with Crippen LogP contribution in [-0.2, 0) is 4.79 Å². The fourth-order valence-electron chi connectivity index (χ4n) is 1.79. The van der Waals surface area contributed by atoms with Gasteiger partial charge in [-0.25, -0.2) is 0 Å². The molecule has 0 aromatic rings. The minimum atomic E-state index is -0.638. The summed E-state index contributed by atoms with van der Waals surface area (Å²) in [6.07, 6.45) is 15.1. The lowest BCUT2D eigenvalue weighted by atomic mass is 9.96. The second kappa shape index (κ2) is 11.4. The zero-order valence-electron chi connectivity index (χ0n) is 11.2. The van der Waals surface area contributed by atoms with E-state index in [-0.39, 0.29) is 5.92 Å². The fourth-order valence-corrected chi connectivity index (χ4v) is 1.79. The molecule has 0 spiro atoms. The van der Waals surface area contributed by atoms with E-state index < -0.39 is 5.97 Å². The number of unbranched alkanes of at least 4 members (excludes halogenated alkanes) is 2. The van der Waals surface area contributed by atoms with Gasteiger partial charge in [-0.2, -0.15) is 0 Å². The third-order valence-electron chi connectivity index (χ3n) is 2.84. The minimum absolute atomic E-state index is 0.165. The van der Waals surface area contributed by atoms with Gasteiger partial charge >= 0.3 is 5.97 Å². The number of carboxylic acids is 1. The second-order valence-electron chi connectivity index (χ2n) is 4.35. The Bertz CT molecular complexity index is 241. The van der Waals surface area contributed by atoms with Crippen LogP contribution in [0.25, 0.3) is 0 Å². The Morgan fingerprint density at radius 1 is 1.12 bits per heavy atom. The molecule has 0 amide bonds. The lowest BCUT2D eigenvalue weighted by molar-refractivity contribution is -0.142. The SMILES string of the molecule is CC=CCCCCC(CCC=CCC)C(=O)O. The largest absolute Gasteiger partial charge is 0.481 e. The third-order valence-corrected chi connectivity index (χ3v) is 2.84. The van der Waals surface area contributed by atoms with Crippen molar-refractivity contribution in [3.63, 3.8) is 0 Å². The number of aliphatic carboxylic acids is 1. The van der Waals surface area contributed by atoms with Gasteiger partial charge in [0.1, 0.15) is 0 Å². The van der Waals surface area contributed by atoms with E-state index >= 15 is 0 Å². The third kappa shape index (κ3) is 9.86. The molecule has 0 radical (unpaired) electrons. The van der Waals surface area contributed by atoms with E-state index in [0.717, 1.165) is 44.9 Å². The van der Waals surface area contributed by atoms with E-state index in [2.05, 4.69) is 25.2 Å². The summed E-state index contributed by atoms with van der Waals surface area (Å²) in [5.74, 6) is -0.803. The van der Waals surface area contributed by atoms with Gasteiger partial charge in [0.2, 0.25) is 0 Å². The normalized spacial score (nSPS) is 13.5. The van der Waals surface area contributed by atoms with Crippen LogP contribution in [0.1, 0.15) is 58.8 Å². The minimum Gasteiger partial charge on any atom is -0.481 e. The second-order valence-corrected chi connectivity index (χ2v) is 4.35. The maximum Gasteiger partial charge on any atom is 0.306 e. The predicted molar refractivity (Wildman–Crippen MR) is 73.1 cm³/mol. The molecule has 0 heterocycles. The molecule has 1 N–H and O–H groups in total. The maximum atomic E-state index is 11.0. The molecule has 0 aliphatic carbocycles. The lowest BCUT2D eigenvalue weighted by Gasteiger charge is -2.10. The Morgan fingerprint density at radius 2 is 1.88 bits per heavy atom. The van der Waals surface area contributed by atoms with Crippen molar-refractivity contribution >= 4 is 5.97 Å². The van der Waals surface area contributed by atoms with E-state index in [1.807, 2.05) is 13.0 Å². The molecule has 1 atom stereocenters. The molecule has 17 heavy (non-hydrogen) atoms. The van der Waals surface area contributed by atoms with Gasteiger partial charge in [-0.3, -0.25) is 4.79 Å². The maximum absolute atomic E-state index is 11.0.